The van der Waals surface area contributed by atoms with Gasteiger partial charge in [0.15, 0.2) is 0 Å². The second kappa shape index (κ2) is 7.86. The predicted octanol–water partition coefficient (Wildman–Crippen LogP) is 3.47. The number of likely N-dealkylation sites (N-methyl/N-ethyl adjacent to an activating group) is 1. The van der Waals surface area contributed by atoms with Crippen LogP contribution in [-0.4, -0.2) is 25.2 Å². The first kappa shape index (κ1) is 15.6. The van der Waals surface area contributed by atoms with E-state index in [0.29, 0.717) is 11.6 Å². The third kappa shape index (κ3) is 4.34. The third-order valence-electron chi connectivity index (χ3n) is 3.03. The largest absolute Gasteiger partial charge is 0.495 e. The lowest BCUT2D eigenvalue weighted by atomic mass is 10.2. The molecule has 112 valence electrons. The minimum atomic E-state index is -0.0400. The smallest absolute Gasteiger partial charge is 0.142 e. The normalized spacial score (nSPS) is 12.0. The highest BCUT2D eigenvalue weighted by Gasteiger charge is 2.17. The average molecular weight is 307 g/mol. The number of methoxy groups -OCH3 is 1. The van der Waals surface area contributed by atoms with Crippen molar-refractivity contribution >= 4 is 11.6 Å². The van der Waals surface area contributed by atoms with Crippen molar-refractivity contribution in [2.45, 2.75) is 13.0 Å². The molecule has 4 nitrogen and oxygen atoms in total. The van der Waals surface area contributed by atoms with E-state index in [-0.39, 0.29) is 6.04 Å². The molecule has 0 saturated carbocycles. The molecule has 5 heteroatoms. The average Bonchev–Trinajstić information content (AvgIpc) is 2.53. The lowest BCUT2D eigenvalue weighted by Gasteiger charge is -2.20. The molecule has 0 saturated heterocycles. The number of benzene rings is 1. The van der Waals surface area contributed by atoms with Crippen LogP contribution in [0.2, 0.25) is 5.02 Å². The molecule has 1 N–H and O–H groups in total. The van der Waals surface area contributed by atoms with E-state index in [1.54, 1.807) is 25.4 Å². The van der Waals surface area contributed by atoms with Crippen molar-refractivity contribution in [2.24, 2.45) is 0 Å². The Morgan fingerprint density at radius 3 is 2.67 bits per heavy atom. The van der Waals surface area contributed by atoms with Crippen LogP contribution in [0.15, 0.2) is 42.6 Å². The molecule has 0 aliphatic heterocycles. The Kier molecular flexibility index (Phi) is 5.84. The summed E-state index contributed by atoms with van der Waals surface area (Å²) in [7, 11) is 1.64. The van der Waals surface area contributed by atoms with E-state index in [9.17, 15) is 0 Å². The van der Waals surface area contributed by atoms with Gasteiger partial charge >= 0.3 is 0 Å². The summed E-state index contributed by atoms with van der Waals surface area (Å²) in [5.74, 6) is 1.53. The fraction of sp³-hybridized carbons (Fsp3) is 0.312. The Morgan fingerprint density at radius 1 is 1.24 bits per heavy atom. The van der Waals surface area contributed by atoms with Gasteiger partial charge in [0, 0.05) is 11.2 Å². The SMILES string of the molecule is CCNC(COc1ccc(Cl)cc1)c1ncccc1OC. The molecule has 0 fully saturated rings. The summed E-state index contributed by atoms with van der Waals surface area (Å²) < 4.78 is 11.2. The Morgan fingerprint density at radius 2 is 2.00 bits per heavy atom. The molecular formula is C16H19ClN2O2. The van der Waals surface area contributed by atoms with Gasteiger partial charge in [0.05, 0.1) is 13.2 Å². The first-order valence-electron chi connectivity index (χ1n) is 6.85. The van der Waals surface area contributed by atoms with Gasteiger partial charge in [-0.15, -0.1) is 0 Å². The number of pyridine rings is 1. The minimum Gasteiger partial charge on any atom is -0.495 e. The second-order valence-corrected chi connectivity index (χ2v) is 4.90. The Balaban J connectivity index is 2.10. The predicted molar refractivity (Wildman–Crippen MR) is 84.2 cm³/mol. The van der Waals surface area contributed by atoms with Crippen LogP contribution < -0.4 is 14.8 Å². The number of halogens is 1. The zero-order valence-corrected chi connectivity index (χ0v) is 12.9. The monoisotopic (exact) mass is 306 g/mol. The van der Waals surface area contributed by atoms with E-state index in [1.165, 1.54) is 0 Å². The van der Waals surface area contributed by atoms with E-state index in [4.69, 9.17) is 21.1 Å². The van der Waals surface area contributed by atoms with Gasteiger partial charge in [-0.2, -0.15) is 0 Å². The van der Waals surface area contributed by atoms with Gasteiger partial charge in [0.2, 0.25) is 0 Å². The van der Waals surface area contributed by atoms with Crippen molar-refractivity contribution < 1.29 is 9.47 Å². The molecular weight excluding hydrogens is 288 g/mol. The van der Waals surface area contributed by atoms with Gasteiger partial charge < -0.3 is 14.8 Å². The van der Waals surface area contributed by atoms with E-state index in [2.05, 4.69) is 10.3 Å². The van der Waals surface area contributed by atoms with Crippen LogP contribution in [0, 0.1) is 0 Å². The van der Waals surface area contributed by atoms with Crippen LogP contribution in [0.25, 0.3) is 0 Å². The highest BCUT2D eigenvalue weighted by Crippen LogP contribution is 2.24. The van der Waals surface area contributed by atoms with Gasteiger partial charge in [-0.05, 0) is 42.9 Å². The fourth-order valence-corrected chi connectivity index (χ4v) is 2.15. The molecule has 0 radical (unpaired) electrons. The number of rotatable bonds is 7. The van der Waals surface area contributed by atoms with Crippen molar-refractivity contribution in [1.82, 2.24) is 10.3 Å². The van der Waals surface area contributed by atoms with Crippen LogP contribution in [0.4, 0.5) is 0 Å². The second-order valence-electron chi connectivity index (χ2n) is 4.47. The standard InChI is InChI=1S/C16H19ClN2O2/c1-3-18-14(16-15(20-2)5-4-10-19-16)11-21-13-8-6-12(17)7-9-13/h4-10,14,18H,3,11H2,1-2H3. The van der Waals surface area contributed by atoms with E-state index >= 15 is 0 Å². The fourth-order valence-electron chi connectivity index (χ4n) is 2.03. The van der Waals surface area contributed by atoms with Crippen molar-refractivity contribution in [1.29, 1.82) is 0 Å². The molecule has 1 aromatic heterocycles. The van der Waals surface area contributed by atoms with Crippen LogP contribution in [-0.2, 0) is 0 Å². The van der Waals surface area contributed by atoms with Gasteiger partial charge in [-0.25, -0.2) is 0 Å². The summed E-state index contributed by atoms with van der Waals surface area (Å²) in [6, 6.07) is 11.0. The highest BCUT2D eigenvalue weighted by molar-refractivity contribution is 6.30. The quantitative estimate of drug-likeness (QED) is 0.850. The summed E-state index contributed by atoms with van der Waals surface area (Å²) in [6.45, 7) is 3.32. The Hall–Kier alpha value is -1.78. The molecule has 21 heavy (non-hydrogen) atoms. The number of hydrogen-bond acceptors (Lipinski definition) is 4. The maximum absolute atomic E-state index is 5.87. The van der Waals surface area contributed by atoms with E-state index in [0.717, 1.165) is 23.7 Å². The Bertz CT molecular complexity index is 560. The molecule has 0 aliphatic rings. The van der Waals surface area contributed by atoms with Crippen LogP contribution in [0.1, 0.15) is 18.7 Å². The zero-order chi connectivity index (χ0) is 15.1. The van der Waals surface area contributed by atoms with E-state index in [1.807, 2.05) is 31.2 Å². The number of ether oxygens (including phenoxy) is 2. The van der Waals surface area contributed by atoms with Crippen molar-refractivity contribution in [3.05, 3.63) is 53.3 Å². The van der Waals surface area contributed by atoms with Crippen molar-refractivity contribution in [2.75, 3.05) is 20.3 Å². The lowest BCUT2D eigenvalue weighted by Crippen LogP contribution is -2.27. The zero-order valence-electron chi connectivity index (χ0n) is 12.2. The highest BCUT2D eigenvalue weighted by atomic mass is 35.5. The summed E-state index contributed by atoms with van der Waals surface area (Å²) >= 11 is 5.87. The van der Waals surface area contributed by atoms with Gasteiger partial charge in [-0.3, -0.25) is 4.98 Å². The number of aromatic nitrogens is 1. The molecule has 1 unspecified atom stereocenters. The molecule has 1 heterocycles. The topological polar surface area (TPSA) is 43.4 Å². The van der Waals surface area contributed by atoms with Gasteiger partial charge in [0.1, 0.15) is 23.8 Å². The lowest BCUT2D eigenvalue weighted by molar-refractivity contribution is 0.261. The molecule has 0 amide bonds. The van der Waals surface area contributed by atoms with Crippen LogP contribution >= 0.6 is 11.6 Å². The number of nitrogens with zero attached hydrogens (tertiary/aromatic N) is 1. The molecule has 0 bridgehead atoms. The maximum atomic E-state index is 5.87. The van der Waals surface area contributed by atoms with Crippen LogP contribution in [0.5, 0.6) is 11.5 Å². The van der Waals surface area contributed by atoms with Gasteiger partial charge in [-0.1, -0.05) is 18.5 Å². The molecule has 1 atom stereocenters. The minimum absolute atomic E-state index is 0.0400. The number of hydrogen-bond donors (Lipinski definition) is 1. The molecule has 0 spiro atoms. The summed E-state index contributed by atoms with van der Waals surface area (Å²) in [5, 5.41) is 4.05. The molecule has 2 aromatic rings. The molecule has 1 aromatic carbocycles. The van der Waals surface area contributed by atoms with Crippen molar-refractivity contribution in [3.8, 4) is 11.5 Å². The summed E-state index contributed by atoms with van der Waals surface area (Å²) in [5.41, 5.74) is 0.843. The van der Waals surface area contributed by atoms with Crippen molar-refractivity contribution in [3.63, 3.8) is 0 Å². The van der Waals surface area contributed by atoms with E-state index < -0.39 is 0 Å². The first-order chi connectivity index (χ1) is 10.2. The van der Waals surface area contributed by atoms with Gasteiger partial charge in [0.25, 0.3) is 0 Å². The number of nitrogens with one attached hydrogen (secondary N) is 1. The summed E-state index contributed by atoms with van der Waals surface area (Å²) in [4.78, 5) is 4.41. The Labute approximate surface area is 130 Å². The van der Waals surface area contributed by atoms with Crippen LogP contribution in [0.3, 0.4) is 0 Å². The third-order valence-corrected chi connectivity index (χ3v) is 3.28. The molecule has 0 aliphatic carbocycles. The summed E-state index contributed by atoms with van der Waals surface area (Å²) in [6.07, 6.45) is 1.75. The molecule has 2 rings (SSSR count). The first-order valence-corrected chi connectivity index (χ1v) is 7.23. The maximum Gasteiger partial charge on any atom is 0.142 e.